The average molecular weight is 207 g/mol. The van der Waals surface area contributed by atoms with Crippen molar-refractivity contribution in [3.05, 3.63) is 17.6 Å². The largest absolute Gasteiger partial charge is 0.350 e. The lowest BCUT2D eigenvalue weighted by molar-refractivity contribution is 0.626. The zero-order valence-corrected chi connectivity index (χ0v) is 9.35. The molecule has 2 rings (SSSR count). The lowest BCUT2D eigenvalue weighted by atomic mass is 10.1. The smallest absolute Gasteiger partial charge is 0.223 e. The van der Waals surface area contributed by atoms with E-state index in [-0.39, 0.29) is 5.54 Å². The standard InChI is InChI=1S/C10H13N3S/c1-10(2,3)13-9-11-6-8-7(12-9)4-5-14-8/h4-6H,1-3H3,(H,11,12,13). The highest BCUT2D eigenvalue weighted by atomic mass is 32.1. The molecule has 0 atom stereocenters. The van der Waals surface area contributed by atoms with Gasteiger partial charge >= 0.3 is 0 Å². The molecule has 0 spiro atoms. The summed E-state index contributed by atoms with van der Waals surface area (Å²) < 4.78 is 1.13. The summed E-state index contributed by atoms with van der Waals surface area (Å²) in [6, 6.07) is 2.01. The number of nitrogens with zero attached hydrogens (tertiary/aromatic N) is 2. The molecule has 0 bridgehead atoms. The monoisotopic (exact) mass is 207 g/mol. The molecule has 1 N–H and O–H groups in total. The minimum atomic E-state index is 0.00367. The van der Waals surface area contributed by atoms with Crippen LogP contribution < -0.4 is 5.32 Å². The summed E-state index contributed by atoms with van der Waals surface area (Å²) in [6.45, 7) is 6.27. The summed E-state index contributed by atoms with van der Waals surface area (Å²) in [5, 5.41) is 5.27. The van der Waals surface area contributed by atoms with Crippen LogP contribution in [0.1, 0.15) is 20.8 Å². The molecular weight excluding hydrogens is 194 g/mol. The lowest BCUT2D eigenvalue weighted by Crippen LogP contribution is -2.27. The van der Waals surface area contributed by atoms with E-state index in [2.05, 4.69) is 36.1 Å². The maximum Gasteiger partial charge on any atom is 0.223 e. The first kappa shape index (κ1) is 9.40. The number of rotatable bonds is 1. The molecule has 0 aliphatic rings. The van der Waals surface area contributed by atoms with E-state index >= 15 is 0 Å². The number of hydrogen-bond donors (Lipinski definition) is 1. The molecule has 4 heteroatoms. The average Bonchev–Trinajstić information content (AvgIpc) is 2.47. The van der Waals surface area contributed by atoms with Crippen LogP contribution in [0.3, 0.4) is 0 Å². The fourth-order valence-electron chi connectivity index (χ4n) is 1.16. The van der Waals surface area contributed by atoms with E-state index in [1.165, 1.54) is 0 Å². The van der Waals surface area contributed by atoms with Gasteiger partial charge in [-0.2, -0.15) is 0 Å². The van der Waals surface area contributed by atoms with E-state index in [1.54, 1.807) is 11.3 Å². The van der Waals surface area contributed by atoms with Crippen LogP contribution >= 0.6 is 11.3 Å². The van der Waals surface area contributed by atoms with Crippen molar-refractivity contribution >= 4 is 27.5 Å². The normalized spacial score (nSPS) is 11.9. The molecule has 14 heavy (non-hydrogen) atoms. The number of anilines is 1. The van der Waals surface area contributed by atoms with Gasteiger partial charge < -0.3 is 5.32 Å². The molecule has 0 amide bonds. The Morgan fingerprint density at radius 2 is 2.14 bits per heavy atom. The van der Waals surface area contributed by atoms with E-state index in [9.17, 15) is 0 Å². The van der Waals surface area contributed by atoms with Crippen LogP contribution in [-0.4, -0.2) is 15.5 Å². The van der Waals surface area contributed by atoms with E-state index in [0.717, 1.165) is 10.2 Å². The Kier molecular flexibility index (Phi) is 2.15. The molecule has 0 saturated carbocycles. The zero-order valence-electron chi connectivity index (χ0n) is 8.53. The summed E-state index contributed by atoms with van der Waals surface area (Å²) in [7, 11) is 0. The molecule has 0 saturated heterocycles. The molecule has 2 aromatic heterocycles. The summed E-state index contributed by atoms with van der Waals surface area (Å²) in [5.74, 6) is 0.698. The third kappa shape index (κ3) is 2.01. The van der Waals surface area contributed by atoms with Gasteiger partial charge in [-0.05, 0) is 32.2 Å². The van der Waals surface area contributed by atoms with Gasteiger partial charge in [0.1, 0.15) is 0 Å². The first-order chi connectivity index (χ1) is 6.54. The Balaban J connectivity index is 2.35. The number of fused-ring (bicyclic) bond motifs is 1. The molecule has 0 fully saturated rings. The first-order valence-electron chi connectivity index (χ1n) is 4.53. The van der Waals surface area contributed by atoms with Crippen molar-refractivity contribution in [2.45, 2.75) is 26.3 Å². The fourth-order valence-corrected chi connectivity index (χ4v) is 1.85. The van der Waals surface area contributed by atoms with E-state index < -0.39 is 0 Å². The van der Waals surface area contributed by atoms with Crippen LogP contribution in [0.25, 0.3) is 10.2 Å². The highest BCUT2D eigenvalue weighted by Gasteiger charge is 2.11. The molecule has 2 aromatic rings. The molecule has 3 nitrogen and oxygen atoms in total. The molecular formula is C10H13N3S. The second kappa shape index (κ2) is 3.20. The molecule has 0 aliphatic heterocycles. The summed E-state index contributed by atoms with van der Waals surface area (Å²) in [6.07, 6.45) is 1.86. The predicted octanol–water partition coefficient (Wildman–Crippen LogP) is 2.90. The number of nitrogens with one attached hydrogen (secondary N) is 1. The first-order valence-corrected chi connectivity index (χ1v) is 5.41. The molecule has 0 aliphatic carbocycles. The van der Waals surface area contributed by atoms with E-state index in [1.807, 2.05) is 17.6 Å². The molecule has 0 aromatic carbocycles. The van der Waals surface area contributed by atoms with Crippen LogP contribution in [-0.2, 0) is 0 Å². The third-order valence-corrected chi connectivity index (χ3v) is 2.53. The van der Waals surface area contributed by atoms with Gasteiger partial charge in [-0.25, -0.2) is 9.97 Å². The van der Waals surface area contributed by atoms with Crippen molar-refractivity contribution in [1.82, 2.24) is 9.97 Å². The van der Waals surface area contributed by atoms with Gasteiger partial charge in [0.15, 0.2) is 0 Å². The number of aromatic nitrogens is 2. The number of hydrogen-bond acceptors (Lipinski definition) is 4. The molecule has 0 unspecified atom stereocenters. The quantitative estimate of drug-likeness (QED) is 0.781. The van der Waals surface area contributed by atoms with Gasteiger partial charge in [-0.3, -0.25) is 0 Å². The van der Waals surface area contributed by atoms with Crippen molar-refractivity contribution in [2.75, 3.05) is 5.32 Å². The maximum absolute atomic E-state index is 4.41. The maximum atomic E-state index is 4.41. The number of thiophene rings is 1. The van der Waals surface area contributed by atoms with E-state index in [0.29, 0.717) is 5.95 Å². The summed E-state index contributed by atoms with van der Waals surface area (Å²) >= 11 is 1.66. The van der Waals surface area contributed by atoms with Crippen LogP contribution in [0.15, 0.2) is 17.6 Å². The van der Waals surface area contributed by atoms with Crippen LogP contribution in [0.2, 0.25) is 0 Å². The van der Waals surface area contributed by atoms with Crippen molar-refractivity contribution in [3.8, 4) is 0 Å². The highest BCUT2D eigenvalue weighted by Crippen LogP contribution is 2.19. The zero-order chi connectivity index (χ0) is 10.2. The SMILES string of the molecule is CC(C)(C)Nc1ncc2sccc2n1. The summed E-state index contributed by atoms with van der Waals surface area (Å²) in [4.78, 5) is 8.66. The van der Waals surface area contributed by atoms with Gasteiger partial charge in [0.2, 0.25) is 5.95 Å². The van der Waals surface area contributed by atoms with Crippen molar-refractivity contribution < 1.29 is 0 Å². The molecule has 0 radical (unpaired) electrons. The van der Waals surface area contributed by atoms with Crippen molar-refractivity contribution in [3.63, 3.8) is 0 Å². The Bertz CT molecular complexity index is 442. The minimum absolute atomic E-state index is 0.00367. The Hall–Kier alpha value is -1.16. The summed E-state index contributed by atoms with van der Waals surface area (Å²) in [5.41, 5.74) is 1.01. The minimum Gasteiger partial charge on any atom is -0.350 e. The Morgan fingerprint density at radius 3 is 2.86 bits per heavy atom. The Labute approximate surface area is 87.2 Å². The second-order valence-corrected chi connectivity index (χ2v) is 5.19. The Morgan fingerprint density at radius 1 is 1.36 bits per heavy atom. The van der Waals surface area contributed by atoms with Gasteiger partial charge in [-0.1, -0.05) is 0 Å². The van der Waals surface area contributed by atoms with Gasteiger partial charge in [0, 0.05) is 5.54 Å². The van der Waals surface area contributed by atoms with Crippen LogP contribution in [0.4, 0.5) is 5.95 Å². The van der Waals surface area contributed by atoms with Crippen molar-refractivity contribution in [1.29, 1.82) is 0 Å². The molecule has 2 heterocycles. The van der Waals surface area contributed by atoms with Gasteiger partial charge in [0.05, 0.1) is 16.4 Å². The second-order valence-electron chi connectivity index (χ2n) is 4.24. The van der Waals surface area contributed by atoms with Crippen LogP contribution in [0, 0.1) is 0 Å². The fraction of sp³-hybridized carbons (Fsp3) is 0.400. The highest BCUT2D eigenvalue weighted by molar-refractivity contribution is 7.17. The van der Waals surface area contributed by atoms with E-state index in [4.69, 9.17) is 0 Å². The lowest BCUT2D eigenvalue weighted by Gasteiger charge is -2.20. The van der Waals surface area contributed by atoms with Crippen molar-refractivity contribution in [2.24, 2.45) is 0 Å². The van der Waals surface area contributed by atoms with Gasteiger partial charge in [0.25, 0.3) is 0 Å². The molecule has 74 valence electrons. The van der Waals surface area contributed by atoms with Crippen LogP contribution in [0.5, 0.6) is 0 Å². The topological polar surface area (TPSA) is 37.8 Å². The predicted molar refractivity (Wildman–Crippen MR) is 60.8 cm³/mol. The third-order valence-electron chi connectivity index (χ3n) is 1.69. The van der Waals surface area contributed by atoms with Gasteiger partial charge in [-0.15, -0.1) is 11.3 Å².